The largest absolute Gasteiger partial charge is 0.380 e. The molecule has 0 radical (unpaired) electrons. The van der Waals surface area contributed by atoms with E-state index in [4.69, 9.17) is 0 Å². The molecule has 1 aromatic carbocycles. The van der Waals surface area contributed by atoms with Gasteiger partial charge in [0.05, 0.1) is 16.7 Å². The minimum absolute atomic E-state index is 0.158. The molecule has 3 rings (SSSR count). The van der Waals surface area contributed by atoms with E-state index in [1.165, 1.54) is 18.6 Å². The van der Waals surface area contributed by atoms with Gasteiger partial charge in [0.2, 0.25) is 0 Å². The van der Waals surface area contributed by atoms with Crippen molar-refractivity contribution in [2.24, 2.45) is 17.8 Å². The third kappa shape index (κ3) is 2.28. The van der Waals surface area contributed by atoms with Gasteiger partial charge in [-0.15, -0.1) is 0 Å². The van der Waals surface area contributed by atoms with Crippen LogP contribution in [0.25, 0.3) is 0 Å². The van der Waals surface area contributed by atoms with Crippen molar-refractivity contribution >= 4 is 11.4 Å². The average Bonchev–Trinajstić information content (AvgIpc) is 3.03. The van der Waals surface area contributed by atoms with Crippen molar-refractivity contribution < 1.29 is 9.31 Å². The molecular formula is C15H17FN2O2. The molecule has 2 aliphatic rings. The first-order valence-corrected chi connectivity index (χ1v) is 6.93. The number of hydrogen-bond acceptors (Lipinski definition) is 3. The van der Waals surface area contributed by atoms with E-state index in [1.54, 1.807) is 0 Å². The van der Waals surface area contributed by atoms with Gasteiger partial charge in [0.1, 0.15) is 0 Å². The predicted octanol–water partition coefficient (Wildman–Crippen LogP) is 3.75. The number of anilines is 1. The fourth-order valence-electron chi connectivity index (χ4n) is 3.49. The highest BCUT2D eigenvalue weighted by atomic mass is 19.1. The van der Waals surface area contributed by atoms with Gasteiger partial charge in [-0.05, 0) is 43.6 Å². The van der Waals surface area contributed by atoms with Gasteiger partial charge in [-0.3, -0.25) is 10.1 Å². The molecule has 1 fully saturated rings. The van der Waals surface area contributed by atoms with Crippen LogP contribution in [-0.2, 0) is 0 Å². The van der Waals surface area contributed by atoms with Crippen LogP contribution < -0.4 is 5.32 Å². The number of hydrogen-bond donors (Lipinski definition) is 1. The third-order valence-electron chi connectivity index (χ3n) is 4.52. The predicted molar refractivity (Wildman–Crippen MR) is 75.0 cm³/mol. The zero-order valence-electron chi connectivity index (χ0n) is 11.3. The molecule has 1 aromatic rings. The normalized spacial score (nSPS) is 28.6. The molecule has 2 bridgehead atoms. The SMILES string of the molecule is CC(Nc1ccc([N+](=O)[O-])cc1F)C1CC2C=CC1C2. The van der Waals surface area contributed by atoms with E-state index in [1.807, 2.05) is 0 Å². The van der Waals surface area contributed by atoms with Crippen LogP contribution in [-0.4, -0.2) is 11.0 Å². The Balaban J connectivity index is 1.71. The van der Waals surface area contributed by atoms with Crippen LogP contribution in [0.4, 0.5) is 15.8 Å². The first-order chi connectivity index (χ1) is 9.54. The molecule has 0 aliphatic heterocycles. The van der Waals surface area contributed by atoms with Crippen molar-refractivity contribution in [1.29, 1.82) is 0 Å². The number of benzene rings is 1. The number of nitrogens with zero attached hydrogens (tertiary/aromatic N) is 1. The number of rotatable bonds is 4. The van der Waals surface area contributed by atoms with Crippen molar-refractivity contribution in [3.8, 4) is 0 Å². The highest BCUT2D eigenvalue weighted by Crippen LogP contribution is 2.45. The van der Waals surface area contributed by atoms with E-state index in [9.17, 15) is 14.5 Å². The van der Waals surface area contributed by atoms with Gasteiger partial charge in [0.25, 0.3) is 5.69 Å². The van der Waals surface area contributed by atoms with E-state index in [0.717, 1.165) is 12.5 Å². The molecule has 0 amide bonds. The molecule has 4 unspecified atom stereocenters. The van der Waals surface area contributed by atoms with Gasteiger partial charge in [0.15, 0.2) is 5.82 Å². The Labute approximate surface area is 116 Å². The molecule has 106 valence electrons. The Morgan fingerprint density at radius 2 is 2.20 bits per heavy atom. The van der Waals surface area contributed by atoms with E-state index in [0.29, 0.717) is 23.4 Å². The maximum absolute atomic E-state index is 13.9. The first kappa shape index (κ1) is 13.1. The van der Waals surface area contributed by atoms with Gasteiger partial charge in [0, 0.05) is 12.1 Å². The third-order valence-corrected chi connectivity index (χ3v) is 4.52. The molecule has 0 heterocycles. The lowest BCUT2D eigenvalue weighted by Gasteiger charge is -2.27. The zero-order valence-corrected chi connectivity index (χ0v) is 11.3. The highest BCUT2D eigenvalue weighted by Gasteiger charge is 2.38. The van der Waals surface area contributed by atoms with Crippen LogP contribution in [0, 0.1) is 33.7 Å². The van der Waals surface area contributed by atoms with Crippen molar-refractivity contribution in [1.82, 2.24) is 0 Å². The average molecular weight is 276 g/mol. The molecule has 0 saturated heterocycles. The van der Waals surface area contributed by atoms with Crippen molar-refractivity contribution in [3.05, 3.63) is 46.3 Å². The fourth-order valence-corrected chi connectivity index (χ4v) is 3.49. The Bertz CT molecular complexity index is 573. The second-order valence-electron chi connectivity index (χ2n) is 5.80. The van der Waals surface area contributed by atoms with E-state index >= 15 is 0 Å². The first-order valence-electron chi connectivity index (χ1n) is 6.93. The summed E-state index contributed by atoms with van der Waals surface area (Å²) in [6, 6.07) is 3.91. The topological polar surface area (TPSA) is 55.2 Å². The number of nitro groups is 1. The van der Waals surface area contributed by atoms with E-state index in [2.05, 4.69) is 24.4 Å². The number of non-ortho nitro benzene ring substituents is 1. The Hall–Kier alpha value is -1.91. The summed E-state index contributed by atoms with van der Waals surface area (Å²) in [6.07, 6.45) is 6.90. The number of halogens is 1. The maximum atomic E-state index is 13.9. The van der Waals surface area contributed by atoms with Gasteiger partial charge in [-0.2, -0.15) is 0 Å². The van der Waals surface area contributed by atoms with E-state index in [-0.39, 0.29) is 11.7 Å². The molecule has 1 N–H and O–H groups in total. The quantitative estimate of drug-likeness (QED) is 0.517. The summed E-state index contributed by atoms with van der Waals surface area (Å²) in [5, 5.41) is 13.8. The summed E-state index contributed by atoms with van der Waals surface area (Å²) >= 11 is 0. The summed E-state index contributed by atoms with van der Waals surface area (Å²) in [4.78, 5) is 10.0. The van der Waals surface area contributed by atoms with Crippen LogP contribution in [0.3, 0.4) is 0 Å². The molecule has 4 atom stereocenters. The number of nitrogens with one attached hydrogen (secondary N) is 1. The fraction of sp³-hybridized carbons (Fsp3) is 0.467. The van der Waals surface area contributed by atoms with Crippen LogP contribution in [0.2, 0.25) is 0 Å². The van der Waals surface area contributed by atoms with Gasteiger partial charge >= 0.3 is 0 Å². The lowest BCUT2D eigenvalue weighted by molar-refractivity contribution is -0.385. The molecular weight excluding hydrogens is 259 g/mol. The van der Waals surface area contributed by atoms with Gasteiger partial charge in [-0.25, -0.2) is 4.39 Å². The Morgan fingerprint density at radius 3 is 2.75 bits per heavy atom. The van der Waals surface area contributed by atoms with Crippen molar-refractivity contribution in [3.63, 3.8) is 0 Å². The van der Waals surface area contributed by atoms with E-state index < -0.39 is 10.7 Å². The van der Waals surface area contributed by atoms with Crippen LogP contribution >= 0.6 is 0 Å². The molecule has 4 nitrogen and oxygen atoms in total. The highest BCUT2D eigenvalue weighted by molar-refractivity contribution is 5.50. The molecule has 1 saturated carbocycles. The standard InChI is InChI=1S/C15H17FN2O2/c1-9(13-7-10-2-3-11(13)6-10)17-15-5-4-12(18(19)20)8-14(15)16/h2-5,8-11,13,17H,6-7H2,1H3. The van der Waals surface area contributed by atoms with Crippen molar-refractivity contribution in [2.45, 2.75) is 25.8 Å². The van der Waals surface area contributed by atoms with Crippen LogP contribution in [0.5, 0.6) is 0 Å². The number of allylic oxidation sites excluding steroid dienone is 2. The summed E-state index contributed by atoms with van der Waals surface area (Å²) in [5.41, 5.74) is 0.124. The Kier molecular flexibility index (Phi) is 3.20. The zero-order chi connectivity index (χ0) is 14.3. The number of fused-ring (bicyclic) bond motifs is 2. The van der Waals surface area contributed by atoms with Gasteiger partial charge in [-0.1, -0.05) is 12.2 Å². The lowest BCUT2D eigenvalue weighted by Crippen LogP contribution is -2.29. The second kappa shape index (κ2) is 4.89. The summed E-state index contributed by atoms with van der Waals surface area (Å²) < 4.78 is 13.9. The molecule has 0 aromatic heterocycles. The smallest absolute Gasteiger partial charge is 0.272 e. The number of nitro benzene ring substituents is 1. The summed E-state index contributed by atoms with van der Waals surface area (Å²) in [7, 11) is 0. The van der Waals surface area contributed by atoms with Crippen molar-refractivity contribution in [2.75, 3.05) is 5.32 Å². The van der Waals surface area contributed by atoms with Crippen LogP contribution in [0.1, 0.15) is 19.8 Å². The molecule has 2 aliphatic carbocycles. The monoisotopic (exact) mass is 276 g/mol. The summed E-state index contributed by atoms with van der Waals surface area (Å²) in [5.74, 6) is 1.21. The lowest BCUT2D eigenvalue weighted by atomic mass is 9.87. The minimum atomic E-state index is -0.586. The minimum Gasteiger partial charge on any atom is -0.380 e. The molecule has 0 spiro atoms. The van der Waals surface area contributed by atoms with Gasteiger partial charge < -0.3 is 5.32 Å². The van der Waals surface area contributed by atoms with Crippen LogP contribution in [0.15, 0.2) is 30.4 Å². The second-order valence-corrected chi connectivity index (χ2v) is 5.80. The summed E-state index contributed by atoms with van der Waals surface area (Å²) in [6.45, 7) is 2.06. The molecule has 20 heavy (non-hydrogen) atoms. The maximum Gasteiger partial charge on any atom is 0.272 e. The Morgan fingerprint density at radius 1 is 1.40 bits per heavy atom. The molecule has 5 heteroatoms.